The van der Waals surface area contributed by atoms with Crippen LogP contribution in [-0.2, 0) is 36.3 Å². The fourth-order valence-electron chi connectivity index (χ4n) is 6.27. The van der Waals surface area contributed by atoms with Crippen molar-refractivity contribution in [3.8, 4) is 0 Å². The number of nitrogens with one attached hydrogen (secondary N) is 1. The zero-order valence-electron chi connectivity index (χ0n) is 25.9. The predicted octanol–water partition coefficient (Wildman–Crippen LogP) is 7.06. The van der Waals surface area contributed by atoms with Crippen LogP contribution in [0.3, 0.4) is 0 Å². The number of halogens is 1. The second-order valence-corrected chi connectivity index (χ2v) is 13.6. The Morgan fingerprint density at radius 1 is 0.894 bits per heavy atom. The molecule has 0 unspecified atom stereocenters. The third-order valence-electron chi connectivity index (χ3n) is 8.44. The second-order valence-electron chi connectivity index (χ2n) is 11.5. The number of rotatable bonds is 13. The van der Waals surface area contributed by atoms with Crippen molar-refractivity contribution in [1.82, 2.24) is 18.8 Å². The smallest absolute Gasteiger partial charge is 0.335 e. The first-order chi connectivity index (χ1) is 22.7. The summed E-state index contributed by atoms with van der Waals surface area (Å²) in [6, 6.07) is 33.3. The third kappa shape index (κ3) is 7.02. The molecule has 0 saturated carbocycles. The van der Waals surface area contributed by atoms with Crippen LogP contribution in [0.25, 0.3) is 10.9 Å². The summed E-state index contributed by atoms with van der Waals surface area (Å²) in [5.41, 5.74) is 6.62. The number of hydrogen-bond acceptors (Lipinski definition) is 4. The number of fused-ring (bicyclic) bond motifs is 1. The minimum Gasteiger partial charge on any atom is -0.478 e. The van der Waals surface area contributed by atoms with Crippen LogP contribution in [0.2, 0.25) is 5.02 Å². The molecule has 2 heterocycles. The zero-order valence-corrected chi connectivity index (χ0v) is 27.5. The Hall–Kier alpha value is -4.70. The molecule has 4 aromatic carbocycles. The number of carboxylic acid groups (broad SMARTS) is 1. The molecule has 8 nitrogen and oxygen atoms in total. The van der Waals surface area contributed by atoms with Crippen molar-refractivity contribution >= 4 is 38.5 Å². The SMILES string of the molecule is Cn1ccnc1S(=O)(=O)NCCc1c(CCCc2ccc(C(=O)O)cc2)c2ccc(Cl)cc2n1C(c1ccccc1)c1ccccc1. The van der Waals surface area contributed by atoms with E-state index in [2.05, 4.69) is 44.6 Å². The molecule has 0 bridgehead atoms. The van der Waals surface area contributed by atoms with Crippen molar-refractivity contribution in [3.63, 3.8) is 0 Å². The lowest BCUT2D eigenvalue weighted by Gasteiger charge is -2.25. The van der Waals surface area contributed by atoms with Crippen molar-refractivity contribution in [2.45, 2.75) is 36.9 Å². The van der Waals surface area contributed by atoms with Crippen LogP contribution in [-0.4, -0.2) is 40.2 Å². The van der Waals surface area contributed by atoms with Gasteiger partial charge in [0.15, 0.2) is 0 Å². The fourth-order valence-corrected chi connectivity index (χ4v) is 7.58. The molecule has 0 fully saturated rings. The maximum Gasteiger partial charge on any atom is 0.335 e. The van der Waals surface area contributed by atoms with Crippen molar-refractivity contribution in [2.24, 2.45) is 7.05 Å². The standard InChI is InChI=1S/C37H35ClN4O4S/c1-41-24-23-39-37(41)47(45,46)40-22-21-33-31(14-8-9-26-15-17-29(18-16-26)36(43)44)32-20-19-30(38)25-34(32)42(33)35(27-10-4-2-5-11-27)28-12-6-3-7-13-28/h2-7,10-13,15-20,23-25,35,40H,8-9,14,21-22H2,1H3,(H,43,44). The number of carbonyl (C=O) groups is 1. The highest BCUT2D eigenvalue weighted by atomic mass is 35.5. The van der Waals surface area contributed by atoms with Crippen LogP contribution in [0.5, 0.6) is 0 Å². The highest BCUT2D eigenvalue weighted by molar-refractivity contribution is 7.89. The summed E-state index contributed by atoms with van der Waals surface area (Å²) in [4.78, 5) is 15.4. The van der Waals surface area contributed by atoms with Crippen LogP contribution in [0.4, 0.5) is 0 Å². The van der Waals surface area contributed by atoms with E-state index in [1.54, 1.807) is 25.4 Å². The molecule has 2 aromatic heterocycles. The van der Waals surface area contributed by atoms with E-state index < -0.39 is 16.0 Å². The summed E-state index contributed by atoms with van der Waals surface area (Å²) in [7, 11) is -2.18. The van der Waals surface area contributed by atoms with E-state index in [0.29, 0.717) is 11.4 Å². The van der Waals surface area contributed by atoms with E-state index >= 15 is 0 Å². The Bertz CT molecular complexity index is 2070. The maximum atomic E-state index is 13.2. The number of aryl methyl sites for hydroxylation is 3. The summed E-state index contributed by atoms with van der Waals surface area (Å²) in [6.45, 7) is 0.166. The van der Waals surface area contributed by atoms with Crippen molar-refractivity contribution in [1.29, 1.82) is 0 Å². The molecule has 0 aliphatic heterocycles. The molecule has 0 saturated heterocycles. The molecule has 240 valence electrons. The van der Waals surface area contributed by atoms with Gasteiger partial charge in [0.2, 0.25) is 5.16 Å². The molecule has 6 aromatic rings. The Balaban J connectivity index is 1.44. The highest BCUT2D eigenvalue weighted by Gasteiger charge is 2.26. The van der Waals surface area contributed by atoms with Gasteiger partial charge in [-0.2, -0.15) is 0 Å². The number of carboxylic acids is 1. The minimum atomic E-state index is -3.84. The van der Waals surface area contributed by atoms with Crippen molar-refractivity contribution < 1.29 is 18.3 Å². The van der Waals surface area contributed by atoms with Crippen LogP contribution in [0, 0.1) is 0 Å². The van der Waals surface area contributed by atoms with Crippen LogP contribution < -0.4 is 4.72 Å². The van der Waals surface area contributed by atoms with Crippen molar-refractivity contribution in [2.75, 3.05) is 6.54 Å². The van der Waals surface area contributed by atoms with E-state index in [9.17, 15) is 18.3 Å². The summed E-state index contributed by atoms with van der Waals surface area (Å²) in [5, 5.41) is 10.9. The topological polar surface area (TPSA) is 106 Å². The first-order valence-corrected chi connectivity index (χ1v) is 17.3. The first-order valence-electron chi connectivity index (χ1n) is 15.4. The van der Waals surface area contributed by atoms with E-state index in [0.717, 1.165) is 58.1 Å². The molecule has 6 rings (SSSR count). The van der Waals surface area contributed by atoms with Gasteiger partial charge >= 0.3 is 5.97 Å². The van der Waals surface area contributed by atoms with Gasteiger partial charge in [-0.15, -0.1) is 0 Å². The summed E-state index contributed by atoms with van der Waals surface area (Å²) >= 11 is 6.65. The van der Waals surface area contributed by atoms with Crippen LogP contribution >= 0.6 is 11.6 Å². The number of aromatic nitrogens is 3. The quantitative estimate of drug-likeness (QED) is 0.137. The highest BCUT2D eigenvalue weighted by Crippen LogP contribution is 2.38. The fraction of sp³-hybridized carbons (Fsp3) is 0.189. The Kier molecular flexibility index (Phi) is 9.58. The van der Waals surface area contributed by atoms with Gasteiger partial charge in [0.05, 0.1) is 17.1 Å². The molecule has 47 heavy (non-hydrogen) atoms. The van der Waals surface area contributed by atoms with Gasteiger partial charge in [0.1, 0.15) is 0 Å². The molecule has 0 radical (unpaired) electrons. The summed E-state index contributed by atoms with van der Waals surface area (Å²) in [5.74, 6) is -0.947. The molecule has 0 aliphatic carbocycles. The normalized spacial score (nSPS) is 11.8. The van der Waals surface area contributed by atoms with Gasteiger partial charge in [0, 0.05) is 48.5 Å². The van der Waals surface area contributed by atoms with Crippen LogP contribution in [0.15, 0.2) is 121 Å². The van der Waals surface area contributed by atoms with Crippen molar-refractivity contribution in [3.05, 3.63) is 154 Å². The Morgan fingerprint density at radius 2 is 1.55 bits per heavy atom. The number of imidazole rings is 1. The van der Waals surface area contributed by atoms with Gasteiger partial charge in [0.25, 0.3) is 10.0 Å². The lowest BCUT2D eigenvalue weighted by atomic mass is 9.97. The lowest BCUT2D eigenvalue weighted by molar-refractivity contribution is 0.0697. The number of aromatic carboxylic acids is 1. The number of hydrogen-bond donors (Lipinski definition) is 2. The number of benzene rings is 4. The predicted molar refractivity (Wildman–Crippen MR) is 185 cm³/mol. The molecule has 10 heteroatoms. The van der Waals surface area contributed by atoms with E-state index in [1.165, 1.54) is 10.8 Å². The van der Waals surface area contributed by atoms with Gasteiger partial charge in [-0.25, -0.2) is 22.9 Å². The Morgan fingerprint density at radius 3 is 2.15 bits per heavy atom. The molecular formula is C37H35ClN4O4S. The average molecular weight is 667 g/mol. The minimum absolute atomic E-state index is 0.0367. The molecule has 0 aliphatic rings. The number of nitrogens with zero attached hydrogens (tertiary/aromatic N) is 3. The second kappa shape index (κ2) is 14.0. The molecule has 2 N–H and O–H groups in total. The lowest BCUT2D eigenvalue weighted by Crippen LogP contribution is -2.29. The zero-order chi connectivity index (χ0) is 33.0. The van der Waals surface area contributed by atoms with Gasteiger partial charge in [-0.3, -0.25) is 0 Å². The molecular weight excluding hydrogens is 632 g/mol. The van der Waals surface area contributed by atoms with Gasteiger partial charge < -0.3 is 14.2 Å². The van der Waals surface area contributed by atoms with E-state index in [-0.39, 0.29) is 23.3 Å². The third-order valence-corrected chi connectivity index (χ3v) is 10.1. The van der Waals surface area contributed by atoms with Crippen LogP contribution in [0.1, 0.15) is 50.8 Å². The molecule has 0 atom stereocenters. The monoisotopic (exact) mass is 666 g/mol. The first kappa shape index (κ1) is 32.2. The molecule has 0 spiro atoms. The number of sulfonamides is 1. The summed E-state index contributed by atoms with van der Waals surface area (Å²) < 4.78 is 33.0. The average Bonchev–Trinajstić information content (AvgIpc) is 3.64. The summed E-state index contributed by atoms with van der Waals surface area (Å²) in [6.07, 6.45) is 5.79. The molecule has 0 amide bonds. The maximum absolute atomic E-state index is 13.2. The largest absolute Gasteiger partial charge is 0.478 e. The van der Waals surface area contributed by atoms with E-state index in [1.807, 2.05) is 60.7 Å². The van der Waals surface area contributed by atoms with E-state index in [4.69, 9.17) is 11.6 Å². The Labute approximate surface area is 279 Å². The van der Waals surface area contributed by atoms with Gasteiger partial charge in [-0.05, 0) is 65.8 Å². The van der Waals surface area contributed by atoms with Gasteiger partial charge in [-0.1, -0.05) is 90.5 Å².